The fourth-order valence-electron chi connectivity index (χ4n) is 3.65. The average Bonchev–Trinajstić information content (AvgIpc) is 3.39. The monoisotopic (exact) mass is 441 g/mol. The number of anilines is 1. The van der Waals surface area contributed by atoms with Crippen molar-refractivity contribution in [3.8, 4) is 16.9 Å². The summed E-state index contributed by atoms with van der Waals surface area (Å²) in [5, 5.41) is 8.87. The Labute approximate surface area is 191 Å². The van der Waals surface area contributed by atoms with Gasteiger partial charge in [-0.3, -0.25) is 9.59 Å². The van der Waals surface area contributed by atoms with Crippen LogP contribution in [0, 0.1) is 0 Å². The van der Waals surface area contributed by atoms with Crippen LogP contribution in [0.1, 0.15) is 56.3 Å². The predicted octanol–water partition coefficient (Wildman–Crippen LogP) is 5.44. The van der Waals surface area contributed by atoms with Gasteiger partial charge in [0.1, 0.15) is 5.75 Å². The lowest BCUT2D eigenvalue weighted by Gasteiger charge is -2.26. The number of aldehydes is 1. The molecule has 0 radical (unpaired) electrons. The molecule has 0 saturated carbocycles. The summed E-state index contributed by atoms with van der Waals surface area (Å²) in [7, 11) is 0. The van der Waals surface area contributed by atoms with E-state index in [2.05, 4.69) is 11.8 Å². The molecule has 1 saturated heterocycles. The molecule has 0 bridgehead atoms. The van der Waals surface area contributed by atoms with Gasteiger partial charge in [-0.15, -0.1) is 0 Å². The van der Waals surface area contributed by atoms with Crippen molar-refractivity contribution in [1.82, 2.24) is 0 Å². The first-order valence-corrected chi connectivity index (χ1v) is 11.5. The number of nitrogens with zero attached hydrogens (tertiary/aromatic N) is 1. The Morgan fingerprint density at radius 3 is 2.47 bits per heavy atom. The minimum atomic E-state index is -0.801. The molecule has 0 aliphatic carbocycles. The van der Waals surface area contributed by atoms with Crippen molar-refractivity contribution in [2.24, 2.45) is 0 Å². The van der Waals surface area contributed by atoms with Gasteiger partial charge >= 0.3 is 5.97 Å². The second-order valence-corrected chi connectivity index (χ2v) is 7.62. The summed E-state index contributed by atoms with van der Waals surface area (Å²) < 4.78 is 10.6. The van der Waals surface area contributed by atoms with Crippen LogP contribution in [-0.2, 0) is 9.53 Å². The van der Waals surface area contributed by atoms with Crippen LogP contribution in [0.4, 0.5) is 5.69 Å². The van der Waals surface area contributed by atoms with Crippen molar-refractivity contribution in [1.29, 1.82) is 0 Å². The highest BCUT2D eigenvalue weighted by Gasteiger charge is 2.14. The van der Waals surface area contributed by atoms with Crippen LogP contribution in [0.25, 0.3) is 11.1 Å². The number of carbonyl (C=O) groups is 2. The van der Waals surface area contributed by atoms with Gasteiger partial charge in [-0.25, -0.2) is 0 Å². The third-order valence-electron chi connectivity index (χ3n) is 5.13. The Bertz CT molecular complexity index is 840. The van der Waals surface area contributed by atoms with Crippen molar-refractivity contribution >= 4 is 17.9 Å². The van der Waals surface area contributed by atoms with E-state index in [4.69, 9.17) is 14.6 Å². The maximum Gasteiger partial charge on any atom is 0.303 e. The van der Waals surface area contributed by atoms with Crippen LogP contribution >= 0.6 is 0 Å². The van der Waals surface area contributed by atoms with Gasteiger partial charge in [-0.05, 0) is 56.4 Å². The topological polar surface area (TPSA) is 76.1 Å². The Kier molecular flexibility index (Phi) is 11.3. The largest absolute Gasteiger partial charge is 0.493 e. The third kappa shape index (κ3) is 8.00. The number of aliphatic carboxylic acids is 1. The SMILES string of the molecule is C1CCOC1.CCCN(CCCC(=O)O)c1ccc(-c2ccccc2OCC)cc1C=O. The molecule has 6 nitrogen and oxygen atoms in total. The van der Waals surface area contributed by atoms with Crippen molar-refractivity contribution in [2.75, 3.05) is 37.8 Å². The van der Waals surface area contributed by atoms with Crippen LogP contribution < -0.4 is 9.64 Å². The first-order chi connectivity index (χ1) is 15.6. The number of benzene rings is 2. The number of ether oxygens (including phenoxy) is 2. The van der Waals surface area contributed by atoms with E-state index < -0.39 is 5.97 Å². The van der Waals surface area contributed by atoms with E-state index in [0.29, 0.717) is 25.1 Å². The van der Waals surface area contributed by atoms with Gasteiger partial charge in [0.15, 0.2) is 6.29 Å². The molecule has 1 aliphatic heterocycles. The summed E-state index contributed by atoms with van der Waals surface area (Å²) in [5.74, 6) is -0.0126. The molecule has 1 aliphatic rings. The van der Waals surface area contributed by atoms with Gasteiger partial charge in [0.05, 0.1) is 6.61 Å². The first-order valence-electron chi connectivity index (χ1n) is 11.5. The van der Waals surface area contributed by atoms with Crippen LogP contribution in [0.5, 0.6) is 5.75 Å². The number of carboxylic acids is 1. The van der Waals surface area contributed by atoms with Gasteiger partial charge < -0.3 is 19.5 Å². The van der Waals surface area contributed by atoms with E-state index in [9.17, 15) is 9.59 Å². The number of hydrogen-bond acceptors (Lipinski definition) is 5. The molecular formula is C26H35NO5. The summed E-state index contributed by atoms with van der Waals surface area (Å²) >= 11 is 0. The minimum absolute atomic E-state index is 0.121. The normalized spacial score (nSPS) is 12.6. The maximum absolute atomic E-state index is 11.8. The van der Waals surface area contributed by atoms with Crippen LogP contribution in [0.15, 0.2) is 42.5 Å². The summed E-state index contributed by atoms with van der Waals surface area (Å²) in [4.78, 5) is 24.6. The van der Waals surface area contributed by atoms with Crippen molar-refractivity contribution in [2.45, 2.75) is 46.0 Å². The maximum atomic E-state index is 11.8. The molecule has 2 aromatic carbocycles. The lowest BCUT2D eigenvalue weighted by atomic mass is 10.0. The number of rotatable bonds is 11. The summed E-state index contributed by atoms with van der Waals surface area (Å²) in [6.45, 7) is 7.96. The molecule has 32 heavy (non-hydrogen) atoms. The molecule has 0 atom stereocenters. The Hall–Kier alpha value is -2.86. The van der Waals surface area contributed by atoms with E-state index >= 15 is 0 Å². The highest BCUT2D eigenvalue weighted by Crippen LogP contribution is 2.33. The second kappa shape index (κ2) is 14.2. The molecular weight excluding hydrogens is 406 g/mol. The Morgan fingerprint density at radius 2 is 1.88 bits per heavy atom. The quantitative estimate of drug-likeness (QED) is 0.468. The molecule has 0 unspecified atom stereocenters. The predicted molar refractivity (Wildman–Crippen MR) is 128 cm³/mol. The van der Waals surface area contributed by atoms with Crippen LogP contribution in [0.3, 0.4) is 0 Å². The second-order valence-electron chi connectivity index (χ2n) is 7.62. The zero-order chi connectivity index (χ0) is 23.2. The van der Waals surface area contributed by atoms with E-state index in [0.717, 1.165) is 55.0 Å². The standard InChI is InChI=1S/C22H27NO4.C4H8O/c1-3-13-23(14-7-10-22(25)26)20-12-11-17(15-18(20)16-24)19-8-5-6-9-21(19)27-4-2;1-2-4-5-3-1/h5-6,8-9,11-12,15-16H,3-4,7,10,13-14H2,1-2H3,(H,25,26);1-4H2. The summed E-state index contributed by atoms with van der Waals surface area (Å²) in [5.41, 5.74) is 3.31. The van der Waals surface area contributed by atoms with Crippen molar-refractivity contribution in [3.05, 3.63) is 48.0 Å². The number of carboxylic acid groups (broad SMARTS) is 1. The fourth-order valence-corrected chi connectivity index (χ4v) is 3.65. The third-order valence-corrected chi connectivity index (χ3v) is 5.13. The molecule has 3 rings (SSSR count). The van der Waals surface area contributed by atoms with E-state index in [1.807, 2.05) is 49.4 Å². The lowest BCUT2D eigenvalue weighted by Crippen LogP contribution is -2.26. The molecule has 1 N–H and O–H groups in total. The molecule has 0 aromatic heterocycles. The summed E-state index contributed by atoms with van der Waals surface area (Å²) in [6, 6.07) is 13.6. The molecule has 1 fully saturated rings. The molecule has 0 spiro atoms. The number of para-hydroxylation sites is 1. The van der Waals surface area contributed by atoms with Gasteiger partial charge in [-0.2, -0.15) is 0 Å². The van der Waals surface area contributed by atoms with Crippen LogP contribution in [0.2, 0.25) is 0 Å². The molecule has 6 heteroatoms. The van der Waals surface area contributed by atoms with Crippen LogP contribution in [-0.4, -0.2) is 50.3 Å². The van der Waals surface area contributed by atoms with Gasteiger partial charge in [0, 0.05) is 49.5 Å². The lowest BCUT2D eigenvalue weighted by molar-refractivity contribution is -0.137. The van der Waals surface area contributed by atoms with Gasteiger partial charge in [-0.1, -0.05) is 31.2 Å². The molecule has 174 valence electrons. The average molecular weight is 442 g/mol. The fraction of sp³-hybridized carbons (Fsp3) is 0.462. The smallest absolute Gasteiger partial charge is 0.303 e. The highest BCUT2D eigenvalue weighted by molar-refractivity contribution is 5.88. The van der Waals surface area contributed by atoms with Crippen molar-refractivity contribution < 1.29 is 24.2 Å². The molecule has 0 amide bonds. The Morgan fingerprint density at radius 1 is 1.12 bits per heavy atom. The molecule has 1 heterocycles. The van der Waals surface area contributed by atoms with Gasteiger partial charge in [0.2, 0.25) is 0 Å². The van der Waals surface area contributed by atoms with E-state index in [-0.39, 0.29) is 6.42 Å². The minimum Gasteiger partial charge on any atom is -0.493 e. The number of hydrogen-bond donors (Lipinski definition) is 1. The highest BCUT2D eigenvalue weighted by atomic mass is 16.5. The molecule has 2 aromatic rings. The zero-order valence-electron chi connectivity index (χ0n) is 19.2. The Balaban J connectivity index is 0.000000636. The van der Waals surface area contributed by atoms with E-state index in [1.54, 1.807) is 0 Å². The number of carbonyl (C=O) groups excluding carboxylic acids is 1. The zero-order valence-corrected chi connectivity index (χ0v) is 19.2. The summed E-state index contributed by atoms with van der Waals surface area (Å²) in [6.07, 6.45) is 5.00. The first kappa shape index (κ1) is 25.4. The van der Waals surface area contributed by atoms with E-state index in [1.165, 1.54) is 12.8 Å². The van der Waals surface area contributed by atoms with Gasteiger partial charge in [0.25, 0.3) is 0 Å². The van der Waals surface area contributed by atoms with Crippen molar-refractivity contribution in [3.63, 3.8) is 0 Å².